The minimum Gasteiger partial charge on any atom is -0.334 e. The van der Waals surface area contributed by atoms with Crippen molar-refractivity contribution in [2.24, 2.45) is 0 Å². The third kappa shape index (κ3) is 2.45. The number of aromatic nitrogens is 2. The number of aromatic amines is 1. The van der Waals surface area contributed by atoms with Gasteiger partial charge in [-0.2, -0.15) is 5.10 Å². The Morgan fingerprint density at radius 1 is 1.35 bits per heavy atom. The second-order valence-corrected chi connectivity index (χ2v) is 6.36. The number of amides is 1. The van der Waals surface area contributed by atoms with Gasteiger partial charge in [0.15, 0.2) is 5.69 Å². The maximum atomic E-state index is 12.7. The van der Waals surface area contributed by atoms with E-state index in [4.69, 9.17) is 0 Å². The molecule has 2 N–H and O–H groups in total. The summed E-state index contributed by atoms with van der Waals surface area (Å²) in [4.78, 5) is 14.6. The van der Waals surface area contributed by atoms with Gasteiger partial charge in [-0.1, -0.05) is 15.9 Å². The molecule has 2 atom stereocenters. The van der Waals surface area contributed by atoms with Crippen molar-refractivity contribution in [1.29, 1.82) is 0 Å². The molecule has 1 saturated heterocycles. The van der Waals surface area contributed by atoms with Gasteiger partial charge < -0.3 is 10.2 Å². The summed E-state index contributed by atoms with van der Waals surface area (Å²) in [5.41, 5.74) is 1.38. The third-order valence-corrected chi connectivity index (χ3v) is 4.07. The summed E-state index contributed by atoms with van der Waals surface area (Å²) in [6.07, 6.45) is 0. The fraction of sp³-hybridized carbons (Fsp3) is 0.429. The second kappa shape index (κ2) is 5.18. The van der Waals surface area contributed by atoms with E-state index in [-0.39, 0.29) is 5.91 Å². The number of carbonyl (C=O) groups excluding carboxylic acids is 1. The number of nitrogens with one attached hydrogen (secondary N) is 2. The van der Waals surface area contributed by atoms with Crippen LogP contribution in [0.4, 0.5) is 0 Å². The van der Waals surface area contributed by atoms with Crippen molar-refractivity contribution in [3.8, 4) is 0 Å². The van der Waals surface area contributed by atoms with Gasteiger partial charge in [-0.3, -0.25) is 9.89 Å². The molecule has 3 rings (SSSR count). The fourth-order valence-corrected chi connectivity index (χ4v) is 3.15. The minimum absolute atomic E-state index is 0.00505. The van der Waals surface area contributed by atoms with E-state index in [1.54, 1.807) is 0 Å². The van der Waals surface area contributed by atoms with E-state index in [0.29, 0.717) is 30.9 Å². The van der Waals surface area contributed by atoms with E-state index in [2.05, 4.69) is 45.3 Å². The molecule has 6 heteroatoms. The number of rotatable bonds is 1. The Bertz CT molecular complexity index is 644. The molecule has 1 aliphatic rings. The standard InChI is InChI=1S/C14H17BrN4O/c1-8-6-19(7-9(2)16-8)14(20)13-11-5-10(15)3-4-12(11)17-18-13/h3-5,8-9,16H,6-7H2,1-2H3,(H,17,18). The lowest BCUT2D eigenvalue weighted by molar-refractivity contribution is 0.0669. The number of piperazine rings is 1. The van der Waals surface area contributed by atoms with Crippen LogP contribution >= 0.6 is 15.9 Å². The lowest BCUT2D eigenvalue weighted by Gasteiger charge is -2.35. The monoisotopic (exact) mass is 336 g/mol. The molecule has 1 amide bonds. The molecule has 2 aromatic rings. The first-order valence-corrected chi connectivity index (χ1v) is 7.53. The van der Waals surface area contributed by atoms with Gasteiger partial charge in [0.1, 0.15) is 0 Å². The topological polar surface area (TPSA) is 61.0 Å². The Morgan fingerprint density at radius 3 is 2.75 bits per heavy atom. The average molecular weight is 337 g/mol. The summed E-state index contributed by atoms with van der Waals surface area (Å²) in [5.74, 6) is -0.00505. The molecular weight excluding hydrogens is 320 g/mol. The molecule has 1 aliphatic heterocycles. The molecule has 5 nitrogen and oxygen atoms in total. The molecule has 0 aliphatic carbocycles. The zero-order valence-corrected chi connectivity index (χ0v) is 13.1. The number of carbonyl (C=O) groups is 1. The van der Waals surface area contributed by atoms with Crippen molar-refractivity contribution in [2.45, 2.75) is 25.9 Å². The van der Waals surface area contributed by atoms with Gasteiger partial charge in [-0.05, 0) is 32.0 Å². The van der Waals surface area contributed by atoms with Crippen LogP contribution in [0, 0.1) is 0 Å². The van der Waals surface area contributed by atoms with Gasteiger partial charge in [0.05, 0.1) is 5.52 Å². The Labute approximate surface area is 125 Å². The van der Waals surface area contributed by atoms with Crippen LogP contribution in [-0.4, -0.2) is 46.2 Å². The fourth-order valence-electron chi connectivity index (χ4n) is 2.79. The van der Waals surface area contributed by atoms with E-state index in [9.17, 15) is 4.79 Å². The van der Waals surface area contributed by atoms with Crippen LogP contribution < -0.4 is 5.32 Å². The largest absolute Gasteiger partial charge is 0.334 e. The number of hydrogen-bond acceptors (Lipinski definition) is 3. The summed E-state index contributed by atoms with van der Waals surface area (Å²) in [6, 6.07) is 6.40. The van der Waals surface area contributed by atoms with E-state index in [0.717, 1.165) is 15.4 Å². The van der Waals surface area contributed by atoms with Crippen LogP contribution in [0.3, 0.4) is 0 Å². The van der Waals surface area contributed by atoms with Crippen LogP contribution in [0.15, 0.2) is 22.7 Å². The summed E-state index contributed by atoms with van der Waals surface area (Å²) in [6.45, 7) is 5.61. The van der Waals surface area contributed by atoms with E-state index in [1.807, 2.05) is 23.1 Å². The molecule has 2 heterocycles. The predicted octanol–water partition coefficient (Wildman–Crippen LogP) is 2.15. The van der Waals surface area contributed by atoms with Crippen molar-refractivity contribution < 1.29 is 4.79 Å². The molecule has 1 aromatic carbocycles. The number of H-pyrrole nitrogens is 1. The van der Waals surface area contributed by atoms with Gasteiger partial charge in [-0.25, -0.2) is 0 Å². The van der Waals surface area contributed by atoms with Crippen molar-refractivity contribution in [1.82, 2.24) is 20.4 Å². The van der Waals surface area contributed by atoms with Gasteiger partial charge in [-0.15, -0.1) is 0 Å². The van der Waals surface area contributed by atoms with Crippen LogP contribution in [0.25, 0.3) is 10.9 Å². The summed E-state index contributed by atoms with van der Waals surface area (Å²) in [5, 5.41) is 11.4. The molecule has 1 aromatic heterocycles. The molecule has 2 unspecified atom stereocenters. The second-order valence-electron chi connectivity index (χ2n) is 5.44. The smallest absolute Gasteiger partial charge is 0.275 e. The van der Waals surface area contributed by atoms with Gasteiger partial charge in [0.25, 0.3) is 5.91 Å². The van der Waals surface area contributed by atoms with Crippen LogP contribution in [0.2, 0.25) is 0 Å². The van der Waals surface area contributed by atoms with Crippen LogP contribution in [-0.2, 0) is 0 Å². The molecule has 20 heavy (non-hydrogen) atoms. The highest BCUT2D eigenvalue weighted by molar-refractivity contribution is 9.10. The minimum atomic E-state index is -0.00505. The molecule has 1 fully saturated rings. The first-order valence-electron chi connectivity index (χ1n) is 6.73. The molecule has 0 bridgehead atoms. The quantitative estimate of drug-likeness (QED) is 0.838. The number of nitrogens with zero attached hydrogens (tertiary/aromatic N) is 2. The maximum absolute atomic E-state index is 12.7. The molecular formula is C14H17BrN4O. The summed E-state index contributed by atoms with van der Waals surface area (Å²) < 4.78 is 0.947. The number of halogens is 1. The molecule has 0 radical (unpaired) electrons. The zero-order chi connectivity index (χ0) is 14.3. The highest BCUT2D eigenvalue weighted by Gasteiger charge is 2.27. The van der Waals surface area contributed by atoms with E-state index in [1.165, 1.54) is 0 Å². The first-order chi connectivity index (χ1) is 9.54. The maximum Gasteiger partial charge on any atom is 0.275 e. The summed E-state index contributed by atoms with van der Waals surface area (Å²) in [7, 11) is 0. The van der Waals surface area contributed by atoms with Crippen molar-refractivity contribution in [2.75, 3.05) is 13.1 Å². The van der Waals surface area contributed by atoms with Crippen LogP contribution in [0.1, 0.15) is 24.3 Å². The summed E-state index contributed by atoms with van der Waals surface area (Å²) >= 11 is 3.44. The van der Waals surface area contributed by atoms with Crippen molar-refractivity contribution >= 4 is 32.7 Å². The number of benzene rings is 1. The SMILES string of the molecule is CC1CN(C(=O)c2n[nH]c3ccc(Br)cc23)CC(C)N1. The number of fused-ring (bicyclic) bond motifs is 1. The molecule has 106 valence electrons. The Balaban J connectivity index is 1.94. The normalized spacial score (nSPS) is 23.2. The van der Waals surface area contributed by atoms with Gasteiger partial charge in [0.2, 0.25) is 0 Å². The van der Waals surface area contributed by atoms with Crippen molar-refractivity contribution in [3.63, 3.8) is 0 Å². The lowest BCUT2D eigenvalue weighted by Crippen LogP contribution is -2.55. The average Bonchev–Trinajstić information content (AvgIpc) is 2.79. The van der Waals surface area contributed by atoms with Crippen LogP contribution in [0.5, 0.6) is 0 Å². The third-order valence-electron chi connectivity index (χ3n) is 3.57. The first kappa shape index (κ1) is 13.6. The highest BCUT2D eigenvalue weighted by Crippen LogP contribution is 2.22. The highest BCUT2D eigenvalue weighted by atomic mass is 79.9. The Hall–Kier alpha value is -1.40. The van der Waals surface area contributed by atoms with Gasteiger partial charge in [0, 0.05) is 35.0 Å². The molecule has 0 spiro atoms. The van der Waals surface area contributed by atoms with E-state index < -0.39 is 0 Å². The van der Waals surface area contributed by atoms with Gasteiger partial charge >= 0.3 is 0 Å². The number of hydrogen-bond donors (Lipinski definition) is 2. The Morgan fingerprint density at radius 2 is 2.05 bits per heavy atom. The van der Waals surface area contributed by atoms with E-state index >= 15 is 0 Å². The molecule has 0 saturated carbocycles. The Kier molecular flexibility index (Phi) is 3.52. The van der Waals surface area contributed by atoms with Crippen molar-refractivity contribution in [3.05, 3.63) is 28.4 Å². The predicted molar refractivity (Wildman–Crippen MR) is 81.8 cm³/mol. The zero-order valence-electron chi connectivity index (χ0n) is 11.5. The lowest BCUT2D eigenvalue weighted by atomic mass is 10.1.